The number of rotatable bonds is 6. The second kappa shape index (κ2) is 7.09. The molecule has 0 aromatic carbocycles. The largest absolute Gasteiger partial charge is 0.480 e. The summed E-state index contributed by atoms with van der Waals surface area (Å²) < 4.78 is 5.25. The zero-order chi connectivity index (χ0) is 15.2. The van der Waals surface area contributed by atoms with Crippen LogP contribution in [0, 0.1) is 5.41 Å². The molecule has 0 aromatic heterocycles. The van der Waals surface area contributed by atoms with E-state index in [1.807, 2.05) is 6.92 Å². The number of primary amides is 1. The van der Waals surface area contributed by atoms with Gasteiger partial charge in [-0.15, -0.1) is 0 Å². The van der Waals surface area contributed by atoms with Crippen LogP contribution in [-0.2, 0) is 14.3 Å². The quantitative estimate of drug-likeness (QED) is 0.519. The monoisotopic (exact) mass is 287 g/mol. The molecule has 8 heteroatoms. The lowest BCUT2D eigenvalue weighted by Crippen LogP contribution is -2.50. The highest BCUT2D eigenvalue weighted by Gasteiger charge is 2.28. The molecule has 5 N–H and O–H groups in total. The summed E-state index contributed by atoms with van der Waals surface area (Å²) in [6.45, 7) is 3.76. The van der Waals surface area contributed by atoms with Crippen molar-refractivity contribution < 1.29 is 24.2 Å². The number of urea groups is 1. The van der Waals surface area contributed by atoms with Crippen molar-refractivity contribution in [3.05, 3.63) is 0 Å². The van der Waals surface area contributed by atoms with Gasteiger partial charge in [-0.2, -0.15) is 0 Å². The molecule has 1 saturated heterocycles. The maximum atomic E-state index is 11.7. The van der Waals surface area contributed by atoms with Crippen molar-refractivity contribution in [2.24, 2.45) is 11.1 Å². The van der Waals surface area contributed by atoms with Gasteiger partial charge in [0.25, 0.3) is 0 Å². The molecule has 1 heterocycles. The van der Waals surface area contributed by atoms with Gasteiger partial charge in [-0.05, 0) is 18.3 Å². The maximum Gasteiger partial charge on any atom is 0.326 e. The molecule has 0 aliphatic carbocycles. The van der Waals surface area contributed by atoms with Gasteiger partial charge >= 0.3 is 12.0 Å². The third-order valence-electron chi connectivity index (χ3n) is 3.38. The van der Waals surface area contributed by atoms with Crippen LogP contribution in [0.4, 0.5) is 4.79 Å². The van der Waals surface area contributed by atoms with Crippen molar-refractivity contribution >= 4 is 17.9 Å². The second-order valence-corrected chi connectivity index (χ2v) is 5.31. The number of hydrogen-bond donors (Lipinski definition) is 4. The summed E-state index contributed by atoms with van der Waals surface area (Å²) in [4.78, 5) is 33.3. The van der Waals surface area contributed by atoms with Crippen LogP contribution in [0.2, 0.25) is 0 Å². The summed E-state index contributed by atoms with van der Waals surface area (Å²) in [5.41, 5.74) is 4.87. The predicted octanol–water partition coefficient (Wildman–Crippen LogP) is -0.569. The number of ether oxygens (including phenoxy) is 1. The fourth-order valence-corrected chi connectivity index (χ4v) is 1.95. The summed E-state index contributed by atoms with van der Waals surface area (Å²) in [5.74, 6) is -2.08. The van der Waals surface area contributed by atoms with E-state index in [2.05, 4.69) is 10.6 Å². The molecule has 1 atom stereocenters. The summed E-state index contributed by atoms with van der Waals surface area (Å²) in [5, 5.41) is 13.7. The van der Waals surface area contributed by atoms with Gasteiger partial charge in [0.15, 0.2) is 0 Å². The molecule has 1 rings (SSSR count). The van der Waals surface area contributed by atoms with E-state index in [9.17, 15) is 14.4 Å². The Bertz CT molecular complexity index is 379. The Morgan fingerprint density at radius 3 is 2.45 bits per heavy atom. The Morgan fingerprint density at radius 2 is 1.95 bits per heavy atom. The molecule has 1 aliphatic rings. The van der Waals surface area contributed by atoms with Crippen LogP contribution in [0.3, 0.4) is 0 Å². The Morgan fingerprint density at radius 1 is 1.35 bits per heavy atom. The third kappa shape index (κ3) is 5.43. The maximum absolute atomic E-state index is 11.7. The van der Waals surface area contributed by atoms with Crippen LogP contribution in [0.15, 0.2) is 0 Å². The van der Waals surface area contributed by atoms with E-state index in [1.165, 1.54) is 0 Å². The molecule has 0 bridgehead atoms. The number of amides is 3. The van der Waals surface area contributed by atoms with E-state index in [1.54, 1.807) is 0 Å². The van der Waals surface area contributed by atoms with Crippen LogP contribution >= 0.6 is 0 Å². The number of nitrogens with two attached hydrogens (primary N) is 1. The van der Waals surface area contributed by atoms with Gasteiger partial charge in [0, 0.05) is 19.8 Å². The molecule has 0 radical (unpaired) electrons. The topological polar surface area (TPSA) is 131 Å². The molecule has 0 saturated carbocycles. The molecule has 8 nitrogen and oxygen atoms in total. The Labute approximate surface area is 117 Å². The van der Waals surface area contributed by atoms with Gasteiger partial charge in [-0.25, -0.2) is 9.59 Å². The van der Waals surface area contributed by atoms with Gasteiger partial charge in [0.05, 0.1) is 6.42 Å². The van der Waals surface area contributed by atoms with Crippen LogP contribution in [0.5, 0.6) is 0 Å². The van der Waals surface area contributed by atoms with Crippen molar-refractivity contribution in [2.45, 2.75) is 32.2 Å². The molecular formula is C12H21N3O5. The minimum Gasteiger partial charge on any atom is -0.480 e. The Balaban J connectivity index is 2.41. The van der Waals surface area contributed by atoms with E-state index in [0.717, 1.165) is 12.8 Å². The minimum atomic E-state index is -1.31. The summed E-state index contributed by atoms with van der Waals surface area (Å²) in [6, 6.07) is -1.93. The lowest BCUT2D eigenvalue weighted by atomic mass is 9.82. The first-order valence-corrected chi connectivity index (χ1v) is 6.46. The van der Waals surface area contributed by atoms with E-state index in [-0.39, 0.29) is 5.41 Å². The highest BCUT2D eigenvalue weighted by Crippen LogP contribution is 2.28. The second-order valence-electron chi connectivity index (χ2n) is 5.31. The van der Waals surface area contributed by atoms with Crippen LogP contribution in [0.25, 0.3) is 0 Å². The molecular weight excluding hydrogens is 266 g/mol. The van der Waals surface area contributed by atoms with Gasteiger partial charge in [0.2, 0.25) is 5.91 Å². The van der Waals surface area contributed by atoms with Crippen molar-refractivity contribution in [1.82, 2.24) is 10.6 Å². The third-order valence-corrected chi connectivity index (χ3v) is 3.38. The standard InChI is InChI=1S/C12H21N3O5/c1-12(2-4-20-5-3-12)7-14-11(19)15-8(10(17)18)6-9(13)16/h8H,2-7H2,1H3,(H2,13,16)(H,17,18)(H2,14,15,19)/t8-/m0/s1. The highest BCUT2D eigenvalue weighted by atomic mass is 16.5. The fourth-order valence-electron chi connectivity index (χ4n) is 1.95. The number of aliphatic carboxylic acids is 1. The van der Waals surface area contributed by atoms with Crippen molar-refractivity contribution in [1.29, 1.82) is 0 Å². The van der Waals surface area contributed by atoms with Crippen molar-refractivity contribution in [3.63, 3.8) is 0 Å². The minimum absolute atomic E-state index is 0.0575. The molecule has 1 fully saturated rings. The normalized spacial score (nSPS) is 18.9. The number of carbonyl (C=O) groups is 3. The van der Waals surface area contributed by atoms with Crippen LogP contribution < -0.4 is 16.4 Å². The number of nitrogens with one attached hydrogen (secondary N) is 2. The van der Waals surface area contributed by atoms with E-state index in [4.69, 9.17) is 15.6 Å². The average Bonchev–Trinajstić information content (AvgIpc) is 2.36. The molecule has 20 heavy (non-hydrogen) atoms. The van der Waals surface area contributed by atoms with Gasteiger partial charge in [-0.1, -0.05) is 6.92 Å². The zero-order valence-electron chi connectivity index (χ0n) is 11.5. The smallest absolute Gasteiger partial charge is 0.326 e. The SMILES string of the molecule is CC1(CNC(=O)N[C@@H](CC(N)=O)C(=O)O)CCOCC1. The first-order valence-electron chi connectivity index (χ1n) is 6.46. The van der Waals surface area contributed by atoms with Crippen LogP contribution in [-0.4, -0.2) is 48.8 Å². The van der Waals surface area contributed by atoms with Gasteiger partial charge in [0.1, 0.15) is 6.04 Å². The Kier molecular flexibility index (Phi) is 5.75. The molecule has 3 amide bonds. The summed E-state index contributed by atoms with van der Waals surface area (Å²) in [6.07, 6.45) is 1.22. The van der Waals surface area contributed by atoms with E-state index < -0.39 is 30.4 Å². The van der Waals surface area contributed by atoms with Crippen LogP contribution in [0.1, 0.15) is 26.2 Å². The number of hydrogen-bond acceptors (Lipinski definition) is 4. The van der Waals surface area contributed by atoms with Crippen molar-refractivity contribution in [2.75, 3.05) is 19.8 Å². The highest BCUT2D eigenvalue weighted by molar-refractivity contribution is 5.87. The number of carboxylic acids is 1. The Hall–Kier alpha value is -1.83. The summed E-state index contributed by atoms with van der Waals surface area (Å²) >= 11 is 0. The van der Waals surface area contributed by atoms with Gasteiger partial charge < -0.3 is 26.2 Å². The summed E-state index contributed by atoms with van der Waals surface area (Å²) in [7, 11) is 0. The zero-order valence-corrected chi connectivity index (χ0v) is 11.5. The molecule has 114 valence electrons. The lowest BCUT2D eigenvalue weighted by molar-refractivity contribution is -0.140. The van der Waals surface area contributed by atoms with Crippen molar-refractivity contribution in [3.8, 4) is 0 Å². The number of carboxylic acid groups (broad SMARTS) is 1. The average molecular weight is 287 g/mol. The predicted molar refractivity (Wildman–Crippen MR) is 69.9 cm³/mol. The first kappa shape index (κ1) is 16.2. The molecule has 0 aromatic rings. The van der Waals surface area contributed by atoms with Gasteiger partial charge in [-0.3, -0.25) is 4.79 Å². The number of carbonyl (C=O) groups excluding carboxylic acids is 2. The fraction of sp³-hybridized carbons (Fsp3) is 0.750. The first-order chi connectivity index (χ1) is 9.32. The van der Waals surface area contributed by atoms with E-state index >= 15 is 0 Å². The molecule has 0 unspecified atom stereocenters. The lowest BCUT2D eigenvalue weighted by Gasteiger charge is -2.33. The van der Waals surface area contributed by atoms with E-state index in [0.29, 0.717) is 19.8 Å². The molecule has 1 aliphatic heterocycles. The molecule has 0 spiro atoms.